The van der Waals surface area contributed by atoms with Gasteiger partial charge in [-0.25, -0.2) is 18.0 Å². The average molecular weight is 503 g/mol. The number of fused-ring (bicyclic) bond motifs is 1. The van der Waals surface area contributed by atoms with Gasteiger partial charge in [-0.05, 0) is 30.7 Å². The largest absolute Gasteiger partial charge is 0.750 e. The number of phosphoric acid groups is 1. The number of nitrogens with zero attached hydrogens (tertiary/aromatic N) is 3. The Kier molecular flexibility index (Phi) is 8.09. The van der Waals surface area contributed by atoms with Crippen LogP contribution >= 0.6 is 16.1 Å². The number of aromatic nitrogens is 3. The summed E-state index contributed by atoms with van der Waals surface area (Å²) >= 11 is 0. The molecule has 3 N–H and O–H groups in total. The van der Waals surface area contributed by atoms with E-state index in [1.807, 2.05) is 0 Å². The summed E-state index contributed by atoms with van der Waals surface area (Å²) < 4.78 is 59.8. The van der Waals surface area contributed by atoms with Gasteiger partial charge in [-0.2, -0.15) is 5.10 Å². The fraction of sp³-hybridized carbons (Fsp3) is 0.333. The van der Waals surface area contributed by atoms with Crippen molar-refractivity contribution in [3.8, 4) is 5.75 Å². The third kappa shape index (κ3) is 6.99. The van der Waals surface area contributed by atoms with Crippen molar-refractivity contribution in [2.75, 3.05) is 13.7 Å². The maximum Gasteiger partial charge on any atom is 0.750 e. The Morgan fingerprint density at radius 3 is 2.64 bits per heavy atom. The van der Waals surface area contributed by atoms with Gasteiger partial charge >= 0.3 is 16.1 Å². The zero-order valence-corrected chi connectivity index (χ0v) is 19.2. The molecule has 0 saturated heterocycles. The van der Waals surface area contributed by atoms with E-state index in [2.05, 4.69) is 9.62 Å². The second kappa shape index (κ2) is 10.6. The van der Waals surface area contributed by atoms with E-state index in [9.17, 15) is 9.13 Å². The number of ether oxygens (including phenoxy) is 1. The lowest BCUT2D eigenvalue weighted by Crippen LogP contribution is -2.32. The van der Waals surface area contributed by atoms with E-state index in [1.54, 1.807) is 42.5 Å². The first-order valence-corrected chi connectivity index (χ1v) is 12.1. The smallest absolute Gasteiger partial charge is 0.347 e. The predicted molar refractivity (Wildman–Crippen MR) is 112 cm³/mol. The van der Waals surface area contributed by atoms with Gasteiger partial charge < -0.3 is 14.5 Å². The van der Waals surface area contributed by atoms with Gasteiger partial charge in [-0.15, -0.1) is 4.52 Å². The van der Waals surface area contributed by atoms with Gasteiger partial charge in [-0.3, -0.25) is 14.5 Å². The van der Waals surface area contributed by atoms with Gasteiger partial charge in [0.2, 0.25) is 5.85 Å². The van der Waals surface area contributed by atoms with E-state index < -0.39 is 35.3 Å². The summed E-state index contributed by atoms with van der Waals surface area (Å²) in [6.07, 6.45) is 1.13. The summed E-state index contributed by atoms with van der Waals surface area (Å²) in [7, 11) is -6.16. The van der Waals surface area contributed by atoms with E-state index in [4.69, 9.17) is 29.0 Å². The molecule has 0 amide bonds. The van der Waals surface area contributed by atoms with Gasteiger partial charge in [0.15, 0.2) is 17.8 Å². The van der Waals surface area contributed by atoms with Crippen LogP contribution in [-0.2, 0) is 36.1 Å². The molecule has 12 nitrogen and oxygen atoms in total. The molecule has 3 aromatic rings. The first-order chi connectivity index (χ1) is 15.6. The molecule has 0 fully saturated rings. The highest BCUT2D eigenvalue weighted by molar-refractivity contribution is 7.46. The Hall–Kier alpha value is -2.50. The average Bonchev–Trinajstić information content (AvgIpc) is 3.20. The molecule has 0 radical (unpaired) electrons. The summed E-state index contributed by atoms with van der Waals surface area (Å²) in [5, 5.41) is 12.3. The number of phosphoric ester groups is 1. The van der Waals surface area contributed by atoms with Crippen LogP contribution in [0.4, 0.5) is 4.39 Å². The number of halogens is 1. The molecule has 2 heterocycles. The quantitative estimate of drug-likeness (QED) is 0.316. The summed E-state index contributed by atoms with van der Waals surface area (Å²) in [4.78, 5) is 17.6. The Bertz CT molecular complexity index is 1220. The summed E-state index contributed by atoms with van der Waals surface area (Å²) in [5.41, 5.74) is 0.756. The zero-order valence-electron chi connectivity index (χ0n) is 17.4. The van der Waals surface area contributed by atoms with Crippen molar-refractivity contribution >= 4 is 21.6 Å². The summed E-state index contributed by atoms with van der Waals surface area (Å²) in [6.45, 7) is -1.20. The summed E-state index contributed by atoms with van der Waals surface area (Å²) in [5.74, 6) is -1.94. The number of hydrogen-bond acceptors (Lipinski definition) is 8. The van der Waals surface area contributed by atoms with Crippen molar-refractivity contribution < 1.29 is 41.6 Å². The van der Waals surface area contributed by atoms with Crippen LogP contribution in [-0.4, -0.2) is 43.5 Å². The first kappa shape index (κ1) is 25.1. The molecular formula is C18H22FN4O8P2+. The van der Waals surface area contributed by atoms with E-state index in [-0.39, 0.29) is 18.3 Å². The Labute approximate surface area is 188 Å². The second-order valence-corrected chi connectivity index (χ2v) is 8.94. The molecule has 2 unspecified atom stereocenters. The third-order valence-electron chi connectivity index (χ3n) is 4.56. The van der Waals surface area contributed by atoms with E-state index in [0.29, 0.717) is 17.0 Å². The highest BCUT2D eigenvalue weighted by atomic mass is 31.2. The number of aryl methyl sites for hydroxylation is 1. The van der Waals surface area contributed by atoms with Crippen LogP contribution in [0, 0.1) is 5.41 Å². The minimum atomic E-state index is -4.71. The Morgan fingerprint density at radius 2 is 1.97 bits per heavy atom. The monoisotopic (exact) mass is 503 g/mol. The molecule has 0 saturated carbocycles. The van der Waals surface area contributed by atoms with E-state index >= 15 is 4.39 Å². The number of rotatable bonds is 12. The minimum Gasteiger partial charge on any atom is -0.347 e. The normalized spacial score (nSPS) is 14.2. The number of nitrogens with one attached hydrogen (secondary N) is 1. The van der Waals surface area contributed by atoms with Crippen LogP contribution in [0.15, 0.2) is 48.8 Å². The summed E-state index contributed by atoms with van der Waals surface area (Å²) in [6, 6.07) is 11.5. The predicted octanol–water partition coefficient (Wildman–Crippen LogP) is 2.68. The van der Waals surface area contributed by atoms with E-state index in [1.165, 1.54) is 10.8 Å². The van der Waals surface area contributed by atoms with Crippen molar-refractivity contribution in [1.82, 2.24) is 14.2 Å². The standard InChI is InChI=1S/C18H21FN4O8P2/c1-28-18(19,11-29-32(24)31-15-5-3-2-4-6-15)10-9-14-7-8-16-17(20)22(12-21-23(14)16)13-30-33(25,26)27/h2-8,12,20H,9-11,13H2,1H3,(H-,25,26,27)/p+1. The van der Waals surface area contributed by atoms with Crippen LogP contribution < -0.4 is 10.0 Å². The number of para-hydroxylation sites is 1. The van der Waals surface area contributed by atoms with Crippen molar-refractivity contribution in [3.05, 3.63) is 60.0 Å². The molecule has 0 bridgehead atoms. The molecule has 0 aliphatic rings. The third-order valence-corrected chi connectivity index (χ3v) is 5.72. The fourth-order valence-electron chi connectivity index (χ4n) is 2.82. The number of benzene rings is 1. The number of hydrogen-bond donors (Lipinski definition) is 3. The van der Waals surface area contributed by atoms with Gasteiger partial charge in [0.25, 0.3) is 0 Å². The Morgan fingerprint density at radius 1 is 1.24 bits per heavy atom. The van der Waals surface area contributed by atoms with Gasteiger partial charge in [0.05, 0.1) is 0 Å². The molecule has 1 aromatic carbocycles. The lowest BCUT2D eigenvalue weighted by Gasteiger charge is -2.20. The number of alkyl halides is 1. The molecule has 0 aliphatic carbocycles. The van der Waals surface area contributed by atoms with E-state index in [0.717, 1.165) is 11.7 Å². The lowest BCUT2D eigenvalue weighted by molar-refractivity contribution is -0.149. The number of methoxy groups -OCH3 is 1. The van der Waals surface area contributed by atoms with Gasteiger partial charge in [-0.1, -0.05) is 18.2 Å². The minimum absolute atomic E-state index is 0.110. The van der Waals surface area contributed by atoms with Crippen molar-refractivity contribution in [2.45, 2.75) is 25.4 Å². The van der Waals surface area contributed by atoms with Crippen LogP contribution in [0.3, 0.4) is 0 Å². The molecule has 15 heteroatoms. The SMILES string of the molecule is COC(F)(CCc1ccc2c(=N)n(COP(=O)(O)O)cnn12)CO[P+](=O)Oc1ccccc1. The molecule has 0 spiro atoms. The molecule has 2 atom stereocenters. The zero-order chi connectivity index (χ0) is 24.1. The highest BCUT2D eigenvalue weighted by Gasteiger charge is 2.36. The molecular weight excluding hydrogens is 481 g/mol. The molecule has 2 aromatic heterocycles. The van der Waals surface area contributed by atoms with Crippen LogP contribution in [0.2, 0.25) is 0 Å². The Balaban J connectivity index is 1.62. The highest BCUT2D eigenvalue weighted by Crippen LogP contribution is 2.36. The lowest BCUT2D eigenvalue weighted by atomic mass is 10.1. The fourth-order valence-corrected chi connectivity index (χ4v) is 3.74. The molecule has 33 heavy (non-hydrogen) atoms. The first-order valence-electron chi connectivity index (χ1n) is 9.48. The van der Waals surface area contributed by atoms with Gasteiger partial charge in [0.1, 0.15) is 18.6 Å². The van der Waals surface area contributed by atoms with Gasteiger partial charge in [0, 0.05) is 23.8 Å². The van der Waals surface area contributed by atoms with Crippen molar-refractivity contribution in [1.29, 1.82) is 5.41 Å². The molecule has 178 valence electrons. The maximum atomic E-state index is 15.1. The van der Waals surface area contributed by atoms with Crippen molar-refractivity contribution in [2.24, 2.45) is 0 Å². The van der Waals surface area contributed by atoms with Crippen molar-refractivity contribution in [3.63, 3.8) is 0 Å². The van der Waals surface area contributed by atoms with Crippen LogP contribution in [0.25, 0.3) is 5.52 Å². The topological polar surface area (TPSA) is 158 Å². The molecule has 0 aliphatic heterocycles. The van der Waals surface area contributed by atoms with Crippen LogP contribution in [0.5, 0.6) is 5.75 Å². The second-order valence-electron chi connectivity index (χ2n) is 6.81. The van der Waals surface area contributed by atoms with Crippen LogP contribution in [0.1, 0.15) is 12.1 Å². The molecule has 3 rings (SSSR count). The maximum absolute atomic E-state index is 15.1.